The maximum Gasteiger partial charge on any atom is 0.195 e. The number of nitrogens with zero attached hydrogens (tertiary/aromatic N) is 4. The molecule has 0 bridgehead atoms. The predicted octanol–water partition coefficient (Wildman–Crippen LogP) is 3.36. The maximum absolute atomic E-state index is 4.32. The van der Waals surface area contributed by atoms with Crippen molar-refractivity contribution >= 4 is 11.8 Å². The van der Waals surface area contributed by atoms with Crippen LogP contribution in [-0.4, -0.2) is 26.0 Å². The normalized spacial score (nSPS) is 10.7. The van der Waals surface area contributed by atoms with Crippen molar-refractivity contribution in [1.82, 2.24) is 19.7 Å². The zero-order chi connectivity index (χ0) is 13.9. The molecule has 0 aliphatic heterocycles. The third kappa shape index (κ3) is 2.32. The highest BCUT2D eigenvalue weighted by Crippen LogP contribution is 2.26. The van der Waals surface area contributed by atoms with E-state index in [-0.39, 0.29) is 0 Å². The van der Waals surface area contributed by atoms with Crippen LogP contribution in [-0.2, 0) is 0 Å². The van der Waals surface area contributed by atoms with E-state index in [1.54, 1.807) is 24.2 Å². The highest BCUT2D eigenvalue weighted by molar-refractivity contribution is 7.98. The first-order valence-electron chi connectivity index (χ1n) is 6.26. The lowest BCUT2D eigenvalue weighted by molar-refractivity contribution is 0.888. The van der Waals surface area contributed by atoms with E-state index in [9.17, 15) is 0 Å². The van der Waals surface area contributed by atoms with Crippen molar-refractivity contribution in [2.75, 3.05) is 6.26 Å². The van der Waals surface area contributed by atoms with Crippen LogP contribution in [0.2, 0.25) is 0 Å². The van der Waals surface area contributed by atoms with Gasteiger partial charge in [0.2, 0.25) is 0 Å². The molecule has 20 heavy (non-hydrogen) atoms. The second-order valence-corrected chi connectivity index (χ2v) is 5.19. The molecule has 0 spiro atoms. The van der Waals surface area contributed by atoms with Gasteiger partial charge in [-0.05, 0) is 37.4 Å². The van der Waals surface area contributed by atoms with Gasteiger partial charge in [-0.3, -0.25) is 9.55 Å². The Morgan fingerprint density at radius 2 is 1.65 bits per heavy atom. The molecule has 3 rings (SSSR count). The summed E-state index contributed by atoms with van der Waals surface area (Å²) < 4.78 is 2.07. The van der Waals surface area contributed by atoms with Crippen molar-refractivity contribution in [2.45, 2.75) is 12.1 Å². The fourth-order valence-corrected chi connectivity index (χ4v) is 2.51. The second kappa shape index (κ2) is 5.46. The largest absolute Gasteiger partial charge is 0.270 e. The van der Waals surface area contributed by atoms with Gasteiger partial charge in [0.05, 0.1) is 0 Å². The van der Waals surface area contributed by atoms with Gasteiger partial charge in [-0.15, -0.1) is 10.2 Å². The van der Waals surface area contributed by atoms with Crippen molar-refractivity contribution < 1.29 is 0 Å². The van der Waals surface area contributed by atoms with E-state index in [2.05, 4.69) is 50.9 Å². The van der Waals surface area contributed by atoms with Gasteiger partial charge in [-0.2, -0.15) is 0 Å². The average Bonchev–Trinajstić information content (AvgIpc) is 2.93. The maximum atomic E-state index is 4.32. The van der Waals surface area contributed by atoms with Gasteiger partial charge < -0.3 is 0 Å². The Morgan fingerprint density at radius 1 is 0.950 bits per heavy atom. The van der Waals surface area contributed by atoms with Crippen molar-refractivity contribution in [3.8, 4) is 17.1 Å². The highest BCUT2D eigenvalue weighted by Gasteiger charge is 2.14. The first kappa shape index (κ1) is 12.9. The summed E-state index contributed by atoms with van der Waals surface area (Å²) in [6.45, 7) is 2.08. The molecule has 0 N–H and O–H groups in total. The molecule has 0 atom stereocenters. The Morgan fingerprint density at radius 3 is 2.30 bits per heavy atom. The number of benzene rings is 1. The Hall–Kier alpha value is -2.14. The van der Waals surface area contributed by atoms with Crippen LogP contribution < -0.4 is 0 Å². The topological polar surface area (TPSA) is 43.6 Å². The zero-order valence-corrected chi connectivity index (χ0v) is 12.1. The van der Waals surface area contributed by atoms with Gasteiger partial charge in [0, 0.05) is 23.6 Å². The molecule has 3 aromatic rings. The molecule has 0 radical (unpaired) electrons. The second-order valence-electron chi connectivity index (χ2n) is 4.42. The van der Waals surface area contributed by atoms with Crippen LogP contribution in [0.1, 0.15) is 5.56 Å². The summed E-state index contributed by atoms with van der Waals surface area (Å²) >= 11 is 1.58. The minimum atomic E-state index is 0.834. The molecule has 0 saturated heterocycles. The lowest BCUT2D eigenvalue weighted by Gasteiger charge is -2.09. The van der Waals surface area contributed by atoms with Gasteiger partial charge in [-0.1, -0.05) is 29.5 Å². The molecule has 1 aromatic carbocycles. The molecule has 0 unspecified atom stereocenters. The SMILES string of the molecule is CSc1nnc(-c2ccncc2)n1-c1ccc(C)cc1. The number of thioether (sulfide) groups is 1. The summed E-state index contributed by atoms with van der Waals surface area (Å²) in [5.74, 6) is 0.834. The van der Waals surface area contributed by atoms with E-state index < -0.39 is 0 Å². The Bertz CT molecular complexity index is 704. The van der Waals surface area contributed by atoms with E-state index in [1.165, 1.54) is 5.56 Å². The van der Waals surface area contributed by atoms with Crippen LogP contribution >= 0.6 is 11.8 Å². The number of rotatable bonds is 3. The molecular weight excluding hydrogens is 268 g/mol. The third-order valence-corrected chi connectivity index (χ3v) is 3.68. The van der Waals surface area contributed by atoms with Gasteiger partial charge in [0.25, 0.3) is 0 Å². The Kier molecular flexibility index (Phi) is 3.52. The molecule has 100 valence electrons. The van der Waals surface area contributed by atoms with Crippen molar-refractivity contribution in [2.24, 2.45) is 0 Å². The average molecular weight is 282 g/mol. The Balaban J connectivity index is 2.18. The number of aryl methyl sites for hydroxylation is 1. The summed E-state index contributed by atoms with van der Waals surface area (Å²) in [7, 11) is 0. The van der Waals surface area contributed by atoms with Crippen LogP contribution in [0.4, 0.5) is 0 Å². The molecular formula is C15H14N4S. The van der Waals surface area contributed by atoms with Gasteiger partial charge in [-0.25, -0.2) is 0 Å². The summed E-state index contributed by atoms with van der Waals surface area (Å²) in [5, 5.41) is 9.46. The lowest BCUT2D eigenvalue weighted by atomic mass is 10.2. The molecule has 0 fully saturated rings. The molecule has 0 aliphatic carbocycles. The summed E-state index contributed by atoms with van der Waals surface area (Å²) in [5.41, 5.74) is 3.31. The van der Waals surface area contributed by atoms with E-state index in [0.717, 1.165) is 22.2 Å². The summed E-state index contributed by atoms with van der Waals surface area (Å²) in [4.78, 5) is 4.05. The summed E-state index contributed by atoms with van der Waals surface area (Å²) in [6, 6.07) is 12.2. The van der Waals surface area contributed by atoms with E-state index >= 15 is 0 Å². The zero-order valence-electron chi connectivity index (χ0n) is 11.3. The van der Waals surface area contributed by atoms with Crippen molar-refractivity contribution in [1.29, 1.82) is 0 Å². The first-order chi connectivity index (χ1) is 9.79. The lowest BCUT2D eigenvalue weighted by Crippen LogP contribution is -1.99. The Labute approximate surface area is 121 Å². The standard InChI is InChI=1S/C15H14N4S/c1-11-3-5-13(6-4-11)19-14(17-18-15(19)20-2)12-7-9-16-10-8-12/h3-10H,1-2H3. The monoisotopic (exact) mass is 282 g/mol. The van der Waals surface area contributed by atoms with E-state index in [4.69, 9.17) is 0 Å². The van der Waals surface area contributed by atoms with Crippen LogP contribution in [0, 0.1) is 6.92 Å². The fraction of sp³-hybridized carbons (Fsp3) is 0.133. The number of pyridine rings is 1. The van der Waals surface area contributed by atoms with Crippen LogP contribution in [0.5, 0.6) is 0 Å². The number of aromatic nitrogens is 4. The third-order valence-electron chi connectivity index (χ3n) is 3.05. The van der Waals surface area contributed by atoms with Crippen LogP contribution in [0.25, 0.3) is 17.1 Å². The molecule has 0 saturated carbocycles. The summed E-state index contributed by atoms with van der Waals surface area (Å²) in [6.07, 6.45) is 5.54. The van der Waals surface area contributed by atoms with E-state index in [0.29, 0.717) is 0 Å². The van der Waals surface area contributed by atoms with Crippen LogP contribution in [0.3, 0.4) is 0 Å². The number of hydrogen-bond acceptors (Lipinski definition) is 4. The molecule has 4 nitrogen and oxygen atoms in total. The molecule has 0 aliphatic rings. The molecule has 2 aromatic heterocycles. The van der Waals surface area contributed by atoms with Gasteiger partial charge >= 0.3 is 0 Å². The van der Waals surface area contributed by atoms with Crippen LogP contribution in [0.15, 0.2) is 53.9 Å². The molecule has 2 heterocycles. The van der Waals surface area contributed by atoms with E-state index in [1.807, 2.05) is 18.4 Å². The minimum absolute atomic E-state index is 0.834. The van der Waals surface area contributed by atoms with Crippen molar-refractivity contribution in [3.05, 3.63) is 54.4 Å². The molecule has 5 heteroatoms. The van der Waals surface area contributed by atoms with Crippen molar-refractivity contribution in [3.63, 3.8) is 0 Å². The predicted molar refractivity (Wildman–Crippen MR) is 81.1 cm³/mol. The van der Waals surface area contributed by atoms with Gasteiger partial charge in [0.1, 0.15) is 0 Å². The van der Waals surface area contributed by atoms with Gasteiger partial charge in [0.15, 0.2) is 11.0 Å². The smallest absolute Gasteiger partial charge is 0.195 e. The highest BCUT2D eigenvalue weighted by atomic mass is 32.2. The fourth-order valence-electron chi connectivity index (χ4n) is 2.02. The number of hydrogen-bond donors (Lipinski definition) is 0. The minimum Gasteiger partial charge on any atom is -0.270 e. The quantitative estimate of drug-likeness (QED) is 0.691. The molecule has 0 amide bonds. The first-order valence-corrected chi connectivity index (χ1v) is 7.49.